The maximum Gasteiger partial charge on any atom is 0.308 e. The molecule has 1 rings (SSSR count). The molecule has 0 amide bonds. The van der Waals surface area contributed by atoms with Crippen LogP contribution < -0.4 is 19.8 Å². The van der Waals surface area contributed by atoms with Crippen molar-refractivity contribution in [2.24, 2.45) is 0 Å². The number of rotatable bonds is 7. The van der Waals surface area contributed by atoms with Gasteiger partial charge in [-0.05, 0) is 18.3 Å². The van der Waals surface area contributed by atoms with Crippen molar-refractivity contribution in [1.29, 1.82) is 0 Å². The summed E-state index contributed by atoms with van der Waals surface area (Å²) in [6.45, 7) is 13.4. The molecule has 0 saturated heterocycles. The van der Waals surface area contributed by atoms with Crippen molar-refractivity contribution in [2.45, 2.75) is 33.5 Å². The summed E-state index contributed by atoms with van der Waals surface area (Å²) in [5.74, 6) is 0. The minimum atomic E-state index is -2.00. The average Bonchev–Trinajstić information content (AvgIpc) is 2.28. The lowest BCUT2D eigenvalue weighted by Gasteiger charge is -2.38. The van der Waals surface area contributed by atoms with E-state index in [1.54, 1.807) is 0 Å². The quantitative estimate of drug-likeness (QED) is 0.663. The van der Waals surface area contributed by atoms with E-state index in [1.807, 2.05) is 0 Å². The van der Waals surface area contributed by atoms with Crippen molar-refractivity contribution in [3.05, 3.63) is 30.3 Å². The highest BCUT2D eigenvalue weighted by Crippen LogP contribution is 2.02. The summed E-state index contributed by atoms with van der Waals surface area (Å²) < 4.78 is 3.94. The predicted octanol–water partition coefficient (Wildman–Crippen LogP) is 1.48. The highest BCUT2D eigenvalue weighted by Gasteiger charge is 2.38. The van der Waals surface area contributed by atoms with Crippen LogP contribution in [-0.4, -0.2) is 29.9 Å². The van der Waals surface area contributed by atoms with Gasteiger partial charge in [0.2, 0.25) is 0 Å². The van der Waals surface area contributed by atoms with E-state index < -0.39 is 16.8 Å². The van der Waals surface area contributed by atoms with Crippen LogP contribution >= 0.6 is 0 Å². The Labute approximate surface area is 114 Å². The number of nitrogens with one attached hydrogen (secondary N) is 3. The van der Waals surface area contributed by atoms with Crippen LogP contribution in [0.5, 0.6) is 0 Å². The third-order valence-electron chi connectivity index (χ3n) is 2.65. The van der Waals surface area contributed by atoms with Crippen molar-refractivity contribution in [3.63, 3.8) is 0 Å². The summed E-state index contributed by atoms with van der Waals surface area (Å²) >= 11 is 0. The Morgan fingerprint density at radius 2 is 1.39 bits per heavy atom. The Kier molecular flexibility index (Phi) is 5.74. The van der Waals surface area contributed by atoms with Crippen LogP contribution in [0, 0.1) is 0 Å². The van der Waals surface area contributed by atoms with Gasteiger partial charge in [0.1, 0.15) is 8.24 Å². The lowest BCUT2D eigenvalue weighted by Crippen LogP contribution is -2.83. The molecule has 0 saturated carbocycles. The molecule has 0 aliphatic carbocycles. The first-order chi connectivity index (χ1) is 8.43. The number of hydrogen-bond donors (Lipinski definition) is 3. The monoisotopic (exact) mass is 281 g/mol. The van der Waals surface area contributed by atoms with Gasteiger partial charge in [-0.2, -0.15) is 0 Å². The van der Waals surface area contributed by atoms with E-state index in [0.29, 0.717) is 0 Å². The van der Waals surface area contributed by atoms with E-state index in [0.717, 1.165) is 13.1 Å². The molecule has 0 aliphatic heterocycles. The van der Waals surface area contributed by atoms with E-state index in [4.69, 9.17) is 0 Å². The molecular weight excluding hydrogens is 254 g/mol. The SMILES string of the molecule is CCN[Si](NCC)(N[Si](C)(C)C)c1ccccc1. The van der Waals surface area contributed by atoms with Crippen molar-refractivity contribution < 1.29 is 0 Å². The topological polar surface area (TPSA) is 36.1 Å². The molecule has 3 N–H and O–H groups in total. The highest BCUT2D eigenvalue weighted by atomic mass is 28.4. The Hall–Kier alpha value is -0.466. The molecule has 18 heavy (non-hydrogen) atoms. The molecule has 102 valence electrons. The fourth-order valence-electron chi connectivity index (χ4n) is 2.21. The Morgan fingerprint density at radius 3 is 1.78 bits per heavy atom. The van der Waals surface area contributed by atoms with Gasteiger partial charge in [0.25, 0.3) is 0 Å². The second-order valence-corrected chi connectivity index (χ2v) is 13.8. The summed E-state index contributed by atoms with van der Waals surface area (Å²) in [6.07, 6.45) is 0. The molecular formula is C13H27N3Si2. The predicted molar refractivity (Wildman–Crippen MR) is 85.7 cm³/mol. The molecule has 0 fully saturated rings. The van der Waals surface area contributed by atoms with E-state index >= 15 is 0 Å². The van der Waals surface area contributed by atoms with Crippen molar-refractivity contribution >= 4 is 22.0 Å². The Balaban J connectivity index is 3.12. The van der Waals surface area contributed by atoms with Crippen LogP contribution in [0.4, 0.5) is 0 Å². The molecule has 0 aliphatic rings. The van der Waals surface area contributed by atoms with E-state index in [2.05, 4.69) is 78.4 Å². The van der Waals surface area contributed by atoms with Crippen LogP contribution in [0.1, 0.15) is 13.8 Å². The van der Waals surface area contributed by atoms with Gasteiger partial charge in [0.05, 0.1) is 0 Å². The van der Waals surface area contributed by atoms with Crippen molar-refractivity contribution in [3.8, 4) is 0 Å². The van der Waals surface area contributed by atoms with Gasteiger partial charge in [0.15, 0.2) is 0 Å². The fraction of sp³-hybridized carbons (Fsp3) is 0.538. The normalized spacial score (nSPS) is 12.7. The van der Waals surface area contributed by atoms with Gasteiger partial charge in [-0.25, -0.2) is 0 Å². The first kappa shape index (κ1) is 15.6. The minimum absolute atomic E-state index is 0.978. The molecule has 1 aromatic carbocycles. The number of hydrogen-bond acceptors (Lipinski definition) is 3. The third-order valence-corrected chi connectivity index (χ3v) is 10.1. The van der Waals surface area contributed by atoms with Crippen LogP contribution in [0.3, 0.4) is 0 Å². The Morgan fingerprint density at radius 1 is 0.889 bits per heavy atom. The fourth-order valence-corrected chi connectivity index (χ4v) is 10.3. The molecule has 1 aromatic rings. The molecule has 5 heteroatoms. The first-order valence-electron chi connectivity index (χ1n) is 6.78. The average molecular weight is 282 g/mol. The van der Waals surface area contributed by atoms with Crippen LogP contribution in [-0.2, 0) is 0 Å². The molecule has 0 atom stereocenters. The maximum atomic E-state index is 3.94. The van der Waals surface area contributed by atoms with Gasteiger partial charge in [-0.15, -0.1) is 0 Å². The lowest BCUT2D eigenvalue weighted by molar-refractivity contribution is 0.845. The Bertz CT molecular complexity index is 343. The molecule has 0 aromatic heterocycles. The maximum absolute atomic E-state index is 3.94. The summed E-state index contributed by atoms with van der Waals surface area (Å²) in [6, 6.07) is 10.8. The van der Waals surface area contributed by atoms with Crippen LogP contribution in [0.2, 0.25) is 19.6 Å². The van der Waals surface area contributed by atoms with Crippen LogP contribution in [0.25, 0.3) is 0 Å². The van der Waals surface area contributed by atoms with Crippen molar-refractivity contribution in [2.75, 3.05) is 13.1 Å². The van der Waals surface area contributed by atoms with E-state index in [1.165, 1.54) is 5.19 Å². The lowest BCUT2D eigenvalue weighted by atomic mass is 10.4. The standard InChI is InChI=1S/C13H27N3Si2/c1-6-14-18(15-7-2,16-17(3,4)5)13-11-9-8-10-12-13/h8-12,14-16H,6-7H2,1-5H3. The molecule has 0 radical (unpaired) electrons. The second-order valence-electron chi connectivity index (χ2n) is 5.55. The third kappa shape index (κ3) is 4.33. The molecule has 0 heterocycles. The summed E-state index contributed by atoms with van der Waals surface area (Å²) in [5, 5.41) is 1.39. The van der Waals surface area contributed by atoms with E-state index in [9.17, 15) is 0 Å². The molecule has 3 nitrogen and oxygen atoms in total. The minimum Gasteiger partial charge on any atom is -0.331 e. The van der Waals surface area contributed by atoms with E-state index in [-0.39, 0.29) is 0 Å². The largest absolute Gasteiger partial charge is 0.331 e. The molecule has 0 spiro atoms. The number of benzene rings is 1. The van der Waals surface area contributed by atoms with Gasteiger partial charge in [0, 0.05) is 0 Å². The zero-order valence-electron chi connectivity index (χ0n) is 12.3. The van der Waals surface area contributed by atoms with Crippen molar-refractivity contribution in [1.82, 2.24) is 14.6 Å². The van der Waals surface area contributed by atoms with Gasteiger partial charge in [-0.1, -0.05) is 63.8 Å². The summed E-state index contributed by atoms with van der Waals surface area (Å²) in [4.78, 5) is 7.44. The van der Waals surface area contributed by atoms with Gasteiger partial charge >= 0.3 is 8.56 Å². The second kappa shape index (κ2) is 6.63. The first-order valence-corrected chi connectivity index (χ1v) is 12.3. The van der Waals surface area contributed by atoms with Gasteiger partial charge in [-0.3, -0.25) is 0 Å². The smallest absolute Gasteiger partial charge is 0.308 e. The molecule has 0 bridgehead atoms. The molecule has 0 unspecified atom stereocenters. The summed E-state index contributed by atoms with van der Waals surface area (Å²) in [5.41, 5.74) is 0. The zero-order chi connectivity index (χ0) is 13.6. The summed E-state index contributed by atoms with van der Waals surface area (Å²) in [7, 11) is -3.36. The van der Waals surface area contributed by atoms with Crippen LogP contribution in [0.15, 0.2) is 30.3 Å². The van der Waals surface area contributed by atoms with Gasteiger partial charge < -0.3 is 14.6 Å². The highest BCUT2D eigenvalue weighted by molar-refractivity contribution is 6.96. The zero-order valence-corrected chi connectivity index (χ0v) is 14.3.